The molecule has 0 aliphatic heterocycles. The van der Waals surface area contributed by atoms with E-state index < -0.39 is 54.8 Å². The summed E-state index contributed by atoms with van der Waals surface area (Å²) in [6, 6.07) is 0.286. The smallest absolute Gasteiger partial charge is 0.359 e. The second kappa shape index (κ2) is 11.7. The highest BCUT2D eigenvalue weighted by molar-refractivity contribution is 5.93. The fraction of sp³-hybridized carbons (Fsp3) is 0.630. The van der Waals surface area contributed by atoms with Gasteiger partial charge in [0.2, 0.25) is 17.5 Å². The van der Waals surface area contributed by atoms with E-state index in [-0.39, 0.29) is 53.8 Å². The number of carbonyl (C=O) groups excluding carboxylic acids is 2. The Morgan fingerprint density at radius 3 is 2.44 bits per heavy atom. The number of nitrogens with zero attached hydrogens (tertiary/aromatic N) is 5. The fourth-order valence-electron chi connectivity index (χ4n) is 5.57. The van der Waals surface area contributed by atoms with Gasteiger partial charge in [0.1, 0.15) is 0 Å². The molecule has 3 aromatic heterocycles. The summed E-state index contributed by atoms with van der Waals surface area (Å²) >= 11 is 0. The number of nitrogens with one attached hydrogen (secondary N) is 2. The molecular weight excluding hydrogens is 581 g/mol. The van der Waals surface area contributed by atoms with Gasteiger partial charge in [0.05, 0.1) is 41.7 Å². The van der Waals surface area contributed by atoms with Gasteiger partial charge >= 0.3 is 17.8 Å². The van der Waals surface area contributed by atoms with E-state index in [0.29, 0.717) is 16.9 Å². The van der Waals surface area contributed by atoms with Crippen molar-refractivity contribution in [1.82, 2.24) is 30.4 Å². The van der Waals surface area contributed by atoms with Crippen LogP contribution >= 0.6 is 0 Å². The van der Waals surface area contributed by atoms with Crippen LogP contribution in [0.25, 0.3) is 5.65 Å². The van der Waals surface area contributed by atoms with Crippen molar-refractivity contribution in [2.24, 2.45) is 11.8 Å². The Balaban J connectivity index is 1.41. The maximum atomic E-state index is 14.0. The minimum Gasteiger partial charge on any atom is -0.359 e. The summed E-state index contributed by atoms with van der Waals surface area (Å²) < 4.78 is 71.9. The standard InChI is InChI=1S/C27H32F5N7O4/c1-14(2)24-23(37-43-39(24)42)25(41)36-22(16-5-8-26(28,29)9-6-16)18-13-38-19(34-18)11-17(12-33-38)21(15-3-4-15)35-20(40)7-10-27(30,31)32/h11-16,21-22H,3-10H2,1-2H3,(H,35,40)(H,36,41)/t21-,22+/m1/s1. The molecule has 0 bridgehead atoms. The topological polar surface area (TPSA) is 141 Å². The number of hydrogen-bond donors (Lipinski definition) is 2. The molecule has 0 aromatic carbocycles. The van der Waals surface area contributed by atoms with Gasteiger partial charge in [0, 0.05) is 25.2 Å². The maximum absolute atomic E-state index is 14.0. The summed E-state index contributed by atoms with van der Waals surface area (Å²) in [4.78, 5) is 30.4. The summed E-state index contributed by atoms with van der Waals surface area (Å²) in [5.41, 5.74) is 1.05. The third-order valence-electron chi connectivity index (χ3n) is 8.01. The van der Waals surface area contributed by atoms with E-state index in [1.165, 1.54) is 10.7 Å². The zero-order chi connectivity index (χ0) is 31.1. The Morgan fingerprint density at radius 1 is 1.14 bits per heavy atom. The number of halogens is 5. The lowest BCUT2D eigenvalue weighted by molar-refractivity contribution is -0.808. The van der Waals surface area contributed by atoms with Gasteiger partial charge in [-0.2, -0.15) is 18.3 Å². The van der Waals surface area contributed by atoms with E-state index in [1.807, 2.05) is 0 Å². The van der Waals surface area contributed by atoms with Gasteiger partial charge in [-0.05, 0) is 54.1 Å². The van der Waals surface area contributed by atoms with Crippen LogP contribution < -0.4 is 15.5 Å². The predicted octanol–water partition coefficient (Wildman–Crippen LogP) is 4.68. The van der Waals surface area contributed by atoms with Crippen LogP contribution in [-0.4, -0.2) is 43.7 Å². The van der Waals surface area contributed by atoms with E-state index in [4.69, 9.17) is 0 Å². The summed E-state index contributed by atoms with van der Waals surface area (Å²) in [5, 5.41) is 25.5. The van der Waals surface area contributed by atoms with Gasteiger partial charge in [0.25, 0.3) is 0 Å². The number of imidazole rings is 1. The van der Waals surface area contributed by atoms with Crippen LogP contribution in [0.2, 0.25) is 0 Å². The van der Waals surface area contributed by atoms with E-state index >= 15 is 0 Å². The SMILES string of the molecule is CC(C)c1c(C(=O)N[C@H](c2cn3ncc([C@H](NC(=O)CCC(F)(F)F)C4CC4)cc3n2)C2CCC(F)(F)CC2)no[n+]1[O-]. The quantitative estimate of drug-likeness (QED) is 0.250. The molecule has 5 rings (SSSR count). The number of aromatic nitrogens is 5. The second-order valence-electron chi connectivity index (χ2n) is 11.7. The van der Waals surface area contributed by atoms with Crippen molar-refractivity contribution in [2.45, 2.75) is 95.3 Å². The Labute approximate surface area is 242 Å². The van der Waals surface area contributed by atoms with Gasteiger partial charge < -0.3 is 15.8 Å². The van der Waals surface area contributed by atoms with Crippen molar-refractivity contribution >= 4 is 17.5 Å². The molecule has 0 radical (unpaired) electrons. The average molecular weight is 614 g/mol. The third-order valence-corrected chi connectivity index (χ3v) is 8.01. The van der Waals surface area contributed by atoms with Crippen LogP contribution in [-0.2, 0) is 4.79 Å². The van der Waals surface area contributed by atoms with Crippen molar-refractivity contribution in [2.75, 3.05) is 0 Å². The van der Waals surface area contributed by atoms with Gasteiger partial charge in [-0.25, -0.2) is 18.3 Å². The summed E-state index contributed by atoms with van der Waals surface area (Å²) in [5.74, 6) is -5.00. The molecule has 2 amide bonds. The van der Waals surface area contributed by atoms with Crippen LogP contribution in [0, 0.1) is 17.0 Å². The lowest BCUT2D eigenvalue weighted by Gasteiger charge is -2.33. The molecule has 3 aromatic rings. The number of fused-ring (bicyclic) bond motifs is 1. The predicted molar refractivity (Wildman–Crippen MR) is 139 cm³/mol. The zero-order valence-electron chi connectivity index (χ0n) is 23.5. The molecule has 234 valence electrons. The van der Waals surface area contributed by atoms with Crippen molar-refractivity contribution in [3.8, 4) is 0 Å². The third kappa shape index (κ3) is 7.21. The average Bonchev–Trinajstić information content (AvgIpc) is 3.56. The largest absolute Gasteiger partial charge is 0.389 e. The van der Waals surface area contributed by atoms with Crippen molar-refractivity contribution < 1.29 is 41.1 Å². The Hall–Kier alpha value is -3.85. The number of amides is 2. The van der Waals surface area contributed by atoms with Crippen LogP contribution in [0.15, 0.2) is 23.1 Å². The number of alkyl halides is 5. The number of hydrogen-bond acceptors (Lipinski definition) is 7. The van der Waals surface area contributed by atoms with Crippen molar-refractivity contribution in [1.29, 1.82) is 0 Å². The first-order chi connectivity index (χ1) is 20.2. The maximum Gasteiger partial charge on any atom is 0.389 e. The first-order valence-corrected chi connectivity index (χ1v) is 14.2. The molecule has 2 N–H and O–H groups in total. The van der Waals surface area contributed by atoms with Gasteiger partial charge in [-0.1, -0.05) is 13.8 Å². The zero-order valence-corrected chi connectivity index (χ0v) is 23.5. The minimum absolute atomic E-state index is 0.0242. The monoisotopic (exact) mass is 613 g/mol. The van der Waals surface area contributed by atoms with Crippen LogP contribution in [0.1, 0.15) is 111 Å². The van der Waals surface area contributed by atoms with Gasteiger partial charge in [0.15, 0.2) is 5.65 Å². The summed E-state index contributed by atoms with van der Waals surface area (Å²) in [6.07, 6.45) is -2.23. The molecule has 2 aliphatic carbocycles. The van der Waals surface area contributed by atoms with Crippen LogP contribution in [0.3, 0.4) is 0 Å². The van der Waals surface area contributed by atoms with E-state index in [2.05, 4.69) is 30.5 Å². The molecule has 43 heavy (non-hydrogen) atoms. The molecule has 11 nitrogen and oxygen atoms in total. The van der Waals surface area contributed by atoms with E-state index in [9.17, 15) is 36.7 Å². The van der Waals surface area contributed by atoms with Crippen LogP contribution in [0.5, 0.6) is 0 Å². The van der Waals surface area contributed by atoms with Gasteiger partial charge in [-0.3, -0.25) is 14.2 Å². The summed E-state index contributed by atoms with van der Waals surface area (Å²) in [7, 11) is 0. The molecule has 0 unspecified atom stereocenters. The van der Waals surface area contributed by atoms with Gasteiger partial charge in [-0.15, -0.1) is 0 Å². The Kier molecular flexibility index (Phi) is 8.31. The number of rotatable bonds is 10. The molecular formula is C27H32F5N7O4. The summed E-state index contributed by atoms with van der Waals surface area (Å²) in [6.45, 7) is 3.38. The van der Waals surface area contributed by atoms with Crippen LogP contribution in [0.4, 0.5) is 22.0 Å². The van der Waals surface area contributed by atoms with E-state index in [0.717, 1.165) is 12.8 Å². The number of carbonyl (C=O) groups is 2. The molecule has 3 heterocycles. The minimum atomic E-state index is -4.44. The highest BCUT2D eigenvalue weighted by Gasteiger charge is 2.41. The highest BCUT2D eigenvalue weighted by atomic mass is 19.4. The van der Waals surface area contributed by atoms with Crippen molar-refractivity contribution in [3.05, 3.63) is 46.3 Å². The molecule has 0 saturated heterocycles. The molecule has 2 saturated carbocycles. The van der Waals surface area contributed by atoms with Crippen molar-refractivity contribution in [3.63, 3.8) is 0 Å². The fourth-order valence-corrected chi connectivity index (χ4v) is 5.57. The second-order valence-corrected chi connectivity index (χ2v) is 11.7. The first kappa shape index (κ1) is 30.6. The Morgan fingerprint density at radius 2 is 1.81 bits per heavy atom. The lowest BCUT2D eigenvalue weighted by Crippen LogP contribution is -2.38. The molecule has 16 heteroatoms. The lowest BCUT2D eigenvalue weighted by atomic mass is 9.81. The highest BCUT2D eigenvalue weighted by Crippen LogP contribution is 2.43. The molecule has 0 spiro atoms. The molecule has 2 fully saturated rings. The normalized spacial score (nSPS) is 19.0. The Bertz CT molecular complexity index is 1470. The molecule has 2 atom stereocenters. The van der Waals surface area contributed by atoms with E-state index in [1.54, 1.807) is 26.1 Å². The molecule has 2 aliphatic rings. The first-order valence-electron chi connectivity index (χ1n) is 14.2.